The topological polar surface area (TPSA) is 70.2 Å². The minimum Gasteiger partial charge on any atom is -0.353 e. The Morgan fingerprint density at radius 2 is 1.70 bits per heavy atom. The number of benzene rings is 1. The second-order valence-electron chi connectivity index (χ2n) is 5.19. The van der Waals surface area contributed by atoms with Gasteiger partial charge in [0, 0.05) is 13.1 Å². The van der Waals surface area contributed by atoms with Gasteiger partial charge in [0.1, 0.15) is 23.2 Å². The van der Waals surface area contributed by atoms with E-state index in [0.717, 1.165) is 12.1 Å². The summed E-state index contributed by atoms with van der Waals surface area (Å²) in [4.78, 5) is 24.1. The fraction of sp³-hybridized carbons (Fsp3) is 0.467. The summed E-state index contributed by atoms with van der Waals surface area (Å²) in [6.45, 7) is 4.44. The molecular weight excluding hydrogens is 328 g/mol. The van der Waals surface area contributed by atoms with E-state index in [1.807, 2.05) is 0 Å². The van der Waals surface area contributed by atoms with Crippen molar-refractivity contribution in [1.29, 1.82) is 0 Å². The zero-order valence-corrected chi connectivity index (χ0v) is 14.1. The van der Waals surface area contributed by atoms with Crippen molar-refractivity contribution in [2.24, 2.45) is 5.92 Å². The maximum absolute atomic E-state index is 13.6. The van der Waals surface area contributed by atoms with E-state index in [1.54, 1.807) is 20.9 Å². The lowest BCUT2D eigenvalue weighted by Gasteiger charge is -2.22. The van der Waals surface area contributed by atoms with Crippen molar-refractivity contribution in [3.63, 3.8) is 0 Å². The second-order valence-corrected chi connectivity index (χ2v) is 5.19. The van der Waals surface area contributed by atoms with Crippen LogP contribution in [0.1, 0.15) is 24.2 Å². The summed E-state index contributed by atoms with van der Waals surface area (Å²) in [7, 11) is 1.74. The summed E-state index contributed by atoms with van der Waals surface area (Å²) >= 11 is 0. The predicted molar refractivity (Wildman–Crippen MR) is 86.6 cm³/mol. The standard InChI is InChI=1S/C15H21F2N3O2.ClH/c1-9(2)13(15(22)19-8-7-18-3)20-14(21)12-10(16)5-4-6-11(12)17;/h4-6,9,13,18H,7-8H2,1-3H3,(H,19,22)(H,20,21);1H. The SMILES string of the molecule is CNCCNC(=O)C(NC(=O)c1c(F)cccc1F)C(C)C.Cl. The van der Waals surface area contributed by atoms with E-state index in [9.17, 15) is 18.4 Å². The molecule has 0 heterocycles. The lowest BCUT2D eigenvalue weighted by atomic mass is 10.0. The van der Waals surface area contributed by atoms with Crippen molar-refractivity contribution in [1.82, 2.24) is 16.0 Å². The molecule has 0 spiro atoms. The van der Waals surface area contributed by atoms with E-state index >= 15 is 0 Å². The van der Waals surface area contributed by atoms with Gasteiger partial charge in [-0.15, -0.1) is 12.4 Å². The molecule has 0 aliphatic rings. The molecule has 0 saturated carbocycles. The van der Waals surface area contributed by atoms with Crippen molar-refractivity contribution in [2.75, 3.05) is 20.1 Å². The zero-order valence-electron chi connectivity index (χ0n) is 13.3. The van der Waals surface area contributed by atoms with Gasteiger partial charge in [-0.25, -0.2) is 8.78 Å². The van der Waals surface area contributed by atoms with Gasteiger partial charge in [0.15, 0.2) is 0 Å². The van der Waals surface area contributed by atoms with Crippen LogP contribution in [0.4, 0.5) is 8.78 Å². The molecule has 0 aliphatic heterocycles. The third kappa shape index (κ3) is 6.11. The molecule has 2 amide bonds. The Hall–Kier alpha value is -1.73. The first kappa shape index (κ1) is 21.3. The molecule has 0 bridgehead atoms. The highest BCUT2D eigenvalue weighted by molar-refractivity contribution is 5.98. The highest BCUT2D eigenvalue weighted by Crippen LogP contribution is 2.13. The third-order valence-electron chi connectivity index (χ3n) is 3.10. The monoisotopic (exact) mass is 349 g/mol. The molecule has 5 nitrogen and oxygen atoms in total. The number of likely N-dealkylation sites (N-methyl/N-ethyl adjacent to an activating group) is 1. The normalized spacial score (nSPS) is 11.6. The number of carbonyl (C=O) groups excluding carboxylic acids is 2. The molecular formula is C15H22ClF2N3O2. The summed E-state index contributed by atoms with van der Waals surface area (Å²) in [5, 5.41) is 7.91. The van der Waals surface area contributed by atoms with Gasteiger partial charge < -0.3 is 16.0 Å². The molecule has 8 heteroatoms. The Kier molecular flexibility index (Phi) is 9.36. The number of rotatable bonds is 7. The number of nitrogens with one attached hydrogen (secondary N) is 3. The fourth-order valence-corrected chi connectivity index (χ4v) is 1.88. The Balaban J connectivity index is 0.00000484. The minimum absolute atomic E-state index is 0. The van der Waals surface area contributed by atoms with Crippen LogP contribution in [0.15, 0.2) is 18.2 Å². The van der Waals surface area contributed by atoms with Crippen LogP contribution < -0.4 is 16.0 Å². The third-order valence-corrected chi connectivity index (χ3v) is 3.10. The first-order valence-corrected chi connectivity index (χ1v) is 7.05. The number of hydrogen-bond donors (Lipinski definition) is 3. The molecule has 1 aromatic rings. The molecule has 1 atom stereocenters. The average molecular weight is 350 g/mol. The number of hydrogen-bond acceptors (Lipinski definition) is 3. The summed E-state index contributed by atoms with van der Waals surface area (Å²) in [6, 6.07) is 2.29. The van der Waals surface area contributed by atoms with Crippen molar-refractivity contribution in [3.8, 4) is 0 Å². The molecule has 0 radical (unpaired) electrons. The fourth-order valence-electron chi connectivity index (χ4n) is 1.88. The number of amides is 2. The van der Waals surface area contributed by atoms with Gasteiger partial charge in [0.25, 0.3) is 5.91 Å². The van der Waals surface area contributed by atoms with Crippen LogP contribution in [-0.4, -0.2) is 38.0 Å². The average Bonchev–Trinajstić information content (AvgIpc) is 2.44. The highest BCUT2D eigenvalue weighted by atomic mass is 35.5. The van der Waals surface area contributed by atoms with Gasteiger partial charge in [-0.1, -0.05) is 19.9 Å². The van der Waals surface area contributed by atoms with Crippen molar-refractivity contribution in [3.05, 3.63) is 35.4 Å². The first-order chi connectivity index (χ1) is 10.4. The van der Waals surface area contributed by atoms with Gasteiger partial charge in [-0.2, -0.15) is 0 Å². The molecule has 23 heavy (non-hydrogen) atoms. The predicted octanol–water partition coefficient (Wildman–Crippen LogP) is 1.48. The lowest BCUT2D eigenvalue weighted by Crippen LogP contribution is -2.50. The molecule has 130 valence electrons. The van der Waals surface area contributed by atoms with E-state index in [2.05, 4.69) is 16.0 Å². The van der Waals surface area contributed by atoms with Crippen LogP contribution in [0.2, 0.25) is 0 Å². The maximum atomic E-state index is 13.6. The molecule has 0 saturated heterocycles. The number of carbonyl (C=O) groups is 2. The second kappa shape index (κ2) is 10.1. The molecule has 0 aliphatic carbocycles. The minimum atomic E-state index is -0.962. The largest absolute Gasteiger partial charge is 0.353 e. The molecule has 1 rings (SSSR count). The molecule has 3 N–H and O–H groups in total. The first-order valence-electron chi connectivity index (χ1n) is 7.05. The van der Waals surface area contributed by atoms with E-state index < -0.39 is 35.1 Å². The molecule has 1 unspecified atom stereocenters. The van der Waals surface area contributed by atoms with Crippen LogP contribution in [0.25, 0.3) is 0 Å². The summed E-state index contributed by atoms with van der Waals surface area (Å²) < 4.78 is 27.2. The Bertz CT molecular complexity index is 521. The van der Waals surface area contributed by atoms with Crippen LogP contribution >= 0.6 is 12.4 Å². The lowest BCUT2D eigenvalue weighted by molar-refractivity contribution is -0.123. The van der Waals surface area contributed by atoms with Crippen LogP contribution in [0.3, 0.4) is 0 Å². The van der Waals surface area contributed by atoms with Crippen LogP contribution in [0.5, 0.6) is 0 Å². The Labute approximate surface area is 140 Å². The highest BCUT2D eigenvalue weighted by Gasteiger charge is 2.26. The smallest absolute Gasteiger partial charge is 0.257 e. The number of halogens is 3. The molecule has 0 aromatic heterocycles. The Morgan fingerprint density at radius 3 is 2.17 bits per heavy atom. The van der Waals surface area contributed by atoms with Crippen molar-refractivity contribution in [2.45, 2.75) is 19.9 Å². The van der Waals surface area contributed by atoms with E-state index in [0.29, 0.717) is 13.1 Å². The maximum Gasteiger partial charge on any atom is 0.257 e. The Morgan fingerprint density at radius 1 is 1.13 bits per heavy atom. The van der Waals surface area contributed by atoms with Crippen molar-refractivity contribution >= 4 is 24.2 Å². The van der Waals surface area contributed by atoms with Crippen LogP contribution in [-0.2, 0) is 4.79 Å². The van der Waals surface area contributed by atoms with Gasteiger partial charge >= 0.3 is 0 Å². The molecule has 0 fully saturated rings. The van der Waals surface area contributed by atoms with Gasteiger partial charge in [0.2, 0.25) is 5.91 Å². The quantitative estimate of drug-likeness (QED) is 0.653. The zero-order chi connectivity index (χ0) is 16.7. The van der Waals surface area contributed by atoms with Crippen LogP contribution in [0, 0.1) is 17.6 Å². The summed E-state index contributed by atoms with van der Waals surface area (Å²) in [5.74, 6) is -3.49. The van der Waals surface area contributed by atoms with Gasteiger partial charge in [0.05, 0.1) is 0 Å². The van der Waals surface area contributed by atoms with Gasteiger partial charge in [-0.05, 0) is 25.1 Å². The van der Waals surface area contributed by atoms with Crippen molar-refractivity contribution < 1.29 is 18.4 Å². The summed E-state index contributed by atoms with van der Waals surface area (Å²) in [5.41, 5.74) is -0.684. The van der Waals surface area contributed by atoms with Gasteiger partial charge in [-0.3, -0.25) is 9.59 Å². The molecule has 1 aromatic carbocycles. The summed E-state index contributed by atoms with van der Waals surface area (Å²) in [6.07, 6.45) is 0. The van der Waals surface area contributed by atoms with E-state index in [-0.39, 0.29) is 18.3 Å². The van der Waals surface area contributed by atoms with E-state index in [4.69, 9.17) is 0 Å². The van der Waals surface area contributed by atoms with E-state index in [1.165, 1.54) is 6.07 Å².